The van der Waals surface area contributed by atoms with E-state index in [9.17, 15) is 28.4 Å². The number of alkyl halides is 1. The van der Waals surface area contributed by atoms with Crippen LogP contribution in [-0.2, 0) is 23.9 Å². The topological polar surface area (TPSA) is 134 Å². The summed E-state index contributed by atoms with van der Waals surface area (Å²) in [5, 5.41) is 5.51. The van der Waals surface area contributed by atoms with Gasteiger partial charge < -0.3 is 29.9 Å². The Bertz CT molecular complexity index is 1220. The number of likely N-dealkylation sites (tertiary alicyclic amines) is 1. The fraction of sp³-hybridized carbons (Fsp3) is 0.581. The molecule has 0 saturated carbocycles. The van der Waals surface area contributed by atoms with Crippen molar-refractivity contribution in [2.24, 2.45) is 11.8 Å². The second-order valence-corrected chi connectivity index (χ2v) is 11.5. The molecule has 2 heterocycles. The molecule has 2 saturated heterocycles. The highest BCUT2D eigenvalue weighted by molar-refractivity contribution is 6.00. The molecule has 236 valence electrons. The standard InChI is InChI=1S/C31H43FN4O7/c1-18(2)25(27(20(5)32)43-21(6)37)33-29(39)24-8-7-13-36(24)31(41)26(19(3)4)34-28(38)22-9-11-23(12-10-22)30(40)35-14-16-42-17-15-35/h9-12,18-20,24,26H,7-8,13-17H2,1-6H3,(H,33,39)(H,34,38)/b27-25-/t20?,24-,26-/m0/s1. The number of carbonyl (C=O) groups excluding carboxylic acids is 5. The molecule has 12 heteroatoms. The molecule has 1 aromatic rings. The lowest BCUT2D eigenvalue weighted by molar-refractivity contribution is -0.140. The van der Waals surface area contributed by atoms with E-state index in [-0.39, 0.29) is 34.8 Å². The number of ether oxygens (including phenoxy) is 2. The van der Waals surface area contributed by atoms with Gasteiger partial charge in [-0.1, -0.05) is 27.7 Å². The van der Waals surface area contributed by atoms with Crippen molar-refractivity contribution in [2.45, 2.75) is 72.6 Å². The first kappa shape index (κ1) is 33.7. The summed E-state index contributed by atoms with van der Waals surface area (Å²) in [7, 11) is 0. The van der Waals surface area contributed by atoms with E-state index < -0.39 is 41.9 Å². The number of carbonyl (C=O) groups is 5. The van der Waals surface area contributed by atoms with Crippen molar-refractivity contribution < 1.29 is 37.8 Å². The third-order valence-corrected chi connectivity index (χ3v) is 7.47. The van der Waals surface area contributed by atoms with E-state index >= 15 is 0 Å². The van der Waals surface area contributed by atoms with Crippen LogP contribution in [-0.4, -0.2) is 90.5 Å². The molecule has 2 N–H and O–H groups in total. The van der Waals surface area contributed by atoms with Crippen molar-refractivity contribution in [3.63, 3.8) is 0 Å². The van der Waals surface area contributed by atoms with Crippen LogP contribution in [0.4, 0.5) is 4.39 Å². The van der Waals surface area contributed by atoms with Gasteiger partial charge in [-0.15, -0.1) is 0 Å². The zero-order valence-corrected chi connectivity index (χ0v) is 25.8. The van der Waals surface area contributed by atoms with Crippen LogP contribution in [0.1, 0.15) is 75.1 Å². The van der Waals surface area contributed by atoms with Crippen molar-refractivity contribution in [3.8, 4) is 0 Å². The van der Waals surface area contributed by atoms with Gasteiger partial charge in [0.2, 0.25) is 11.8 Å². The second kappa shape index (κ2) is 15.1. The summed E-state index contributed by atoms with van der Waals surface area (Å²) in [6, 6.07) is 4.49. The maximum absolute atomic E-state index is 14.4. The van der Waals surface area contributed by atoms with E-state index in [0.717, 1.165) is 6.92 Å². The maximum atomic E-state index is 14.4. The molecule has 1 unspecified atom stereocenters. The SMILES string of the molecule is CC(=O)O/C(=C(\NC(=O)[C@@H]1CCCN1C(=O)[C@@H](NC(=O)c1ccc(C(=O)N2CCOCC2)cc1)C(C)C)C(C)C)C(C)F. The number of hydrogen-bond donors (Lipinski definition) is 2. The van der Waals surface area contributed by atoms with E-state index in [1.54, 1.807) is 56.9 Å². The Morgan fingerprint density at radius 2 is 1.56 bits per heavy atom. The van der Waals surface area contributed by atoms with Gasteiger partial charge in [0.25, 0.3) is 11.8 Å². The molecule has 2 aliphatic heterocycles. The number of esters is 1. The van der Waals surface area contributed by atoms with Crippen LogP contribution in [0.15, 0.2) is 35.7 Å². The van der Waals surface area contributed by atoms with Crippen LogP contribution in [0.3, 0.4) is 0 Å². The highest BCUT2D eigenvalue weighted by Gasteiger charge is 2.39. The first-order valence-corrected chi connectivity index (χ1v) is 14.8. The van der Waals surface area contributed by atoms with Gasteiger partial charge in [0.1, 0.15) is 12.1 Å². The molecule has 1 aromatic carbocycles. The highest BCUT2D eigenvalue weighted by atomic mass is 19.1. The van der Waals surface area contributed by atoms with Crippen LogP contribution >= 0.6 is 0 Å². The van der Waals surface area contributed by atoms with Gasteiger partial charge in [0.15, 0.2) is 11.9 Å². The van der Waals surface area contributed by atoms with Crippen LogP contribution < -0.4 is 10.6 Å². The fourth-order valence-corrected chi connectivity index (χ4v) is 5.14. The monoisotopic (exact) mass is 602 g/mol. The molecule has 3 rings (SSSR count). The maximum Gasteiger partial charge on any atom is 0.307 e. The Hall–Kier alpha value is -3.80. The Morgan fingerprint density at radius 1 is 0.953 bits per heavy atom. The quantitative estimate of drug-likeness (QED) is 0.311. The largest absolute Gasteiger partial charge is 0.426 e. The van der Waals surface area contributed by atoms with E-state index in [1.807, 2.05) is 0 Å². The predicted molar refractivity (Wildman–Crippen MR) is 156 cm³/mol. The summed E-state index contributed by atoms with van der Waals surface area (Å²) in [5.74, 6) is -3.19. The first-order valence-electron chi connectivity index (χ1n) is 14.8. The molecule has 4 amide bonds. The summed E-state index contributed by atoms with van der Waals surface area (Å²) in [4.78, 5) is 67.7. The van der Waals surface area contributed by atoms with E-state index in [0.29, 0.717) is 51.3 Å². The average Bonchev–Trinajstić information content (AvgIpc) is 3.47. The molecule has 0 aromatic heterocycles. The molecule has 0 aliphatic carbocycles. The number of nitrogens with zero attached hydrogens (tertiary/aromatic N) is 2. The minimum Gasteiger partial charge on any atom is -0.426 e. The lowest BCUT2D eigenvalue weighted by Crippen LogP contribution is -2.55. The third-order valence-electron chi connectivity index (χ3n) is 7.47. The summed E-state index contributed by atoms with van der Waals surface area (Å²) < 4.78 is 24.7. The zero-order valence-electron chi connectivity index (χ0n) is 25.8. The molecule has 2 fully saturated rings. The van der Waals surface area contributed by atoms with E-state index in [4.69, 9.17) is 9.47 Å². The normalized spacial score (nSPS) is 19.0. The number of nitrogens with one attached hydrogen (secondary N) is 2. The van der Waals surface area contributed by atoms with E-state index in [1.165, 1.54) is 11.8 Å². The van der Waals surface area contributed by atoms with Crippen molar-refractivity contribution in [3.05, 3.63) is 46.8 Å². The summed E-state index contributed by atoms with van der Waals surface area (Å²) >= 11 is 0. The molecule has 11 nitrogen and oxygen atoms in total. The number of halogens is 1. The number of morpholine rings is 1. The van der Waals surface area contributed by atoms with Crippen molar-refractivity contribution in [1.82, 2.24) is 20.4 Å². The number of allylic oxidation sites excluding steroid dienone is 2. The van der Waals surface area contributed by atoms with Crippen molar-refractivity contribution in [1.29, 1.82) is 0 Å². The number of hydrogen-bond acceptors (Lipinski definition) is 7. The number of benzene rings is 1. The van der Waals surface area contributed by atoms with Crippen LogP contribution in [0.5, 0.6) is 0 Å². The molecule has 0 radical (unpaired) electrons. The lowest BCUT2D eigenvalue weighted by atomic mass is 10.0. The Labute approximate surface area is 252 Å². The minimum absolute atomic E-state index is 0.138. The summed E-state index contributed by atoms with van der Waals surface area (Å²) in [6.07, 6.45) is -0.692. The fourth-order valence-electron chi connectivity index (χ4n) is 5.14. The minimum atomic E-state index is -1.64. The van der Waals surface area contributed by atoms with Crippen LogP contribution in [0, 0.1) is 11.8 Å². The molecule has 0 bridgehead atoms. The lowest BCUT2D eigenvalue weighted by Gasteiger charge is -2.31. The zero-order chi connectivity index (χ0) is 31.8. The molecule has 0 spiro atoms. The van der Waals surface area contributed by atoms with Gasteiger partial charge in [0, 0.05) is 37.7 Å². The summed E-state index contributed by atoms with van der Waals surface area (Å²) in [5.41, 5.74) is 0.881. The van der Waals surface area contributed by atoms with Gasteiger partial charge in [-0.3, -0.25) is 24.0 Å². The third kappa shape index (κ3) is 8.62. The molecular weight excluding hydrogens is 559 g/mol. The Balaban J connectivity index is 1.73. The van der Waals surface area contributed by atoms with E-state index in [2.05, 4.69) is 10.6 Å². The van der Waals surface area contributed by atoms with Crippen molar-refractivity contribution in [2.75, 3.05) is 32.8 Å². The number of rotatable bonds is 10. The predicted octanol–water partition coefficient (Wildman–Crippen LogP) is 2.81. The molecular formula is C31H43FN4O7. The molecule has 2 aliphatic rings. The molecule has 3 atom stereocenters. The number of amides is 4. The van der Waals surface area contributed by atoms with Gasteiger partial charge >= 0.3 is 5.97 Å². The van der Waals surface area contributed by atoms with Crippen molar-refractivity contribution >= 4 is 29.6 Å². The van der Waals surface area contributed by atoms with Gasteiger partial charge in [-0.05, 0) is 55.9 Å². The highest BCUT2D eigenvalue weighted by Crippen LogP contribution is 2.24. The Morgan fingerprint density at radius 3 is 2.09 bits per heavy atom. The van der Waals surface area contributed by atoms with Crippen LogP contribution in [0.25, 0.3) is 0 Å². The first-order chi connectivity index (χ1) is 20.3. The van der Waals surface area contributed by atoms with Gasteiger partial charge in [-0.2, -0.15) is 0 Å². The van der Waals surface area contributed by atoms with Gasteiger partial charge in [-0.25, -0.2) is 4.39 Å². The van der Waals surface area contributed by atoms with Gasteiger partial charge in [0.05, 0.1) is 18.9 Å². The Kier molecular flexibility index (Phi) is 11.8. The summed E-state index contributed by atoms with van der Waals surface area (Å²) in [6.45, 7) is 11.7. The average molecular weight is 603 g/mol. The van der Waals surface area contributed by atoms with Crippen LogP contribution in [0.2, 0.25) is 0 Å². The second-order valence-electron chi connectivity index (χ2n) is 11.5. The molecule has 43 heavy (non-hydrogen) atoms. The smallest absolute Gasteiger partial charge is 0.307 e.